The maximum absolute atomic E-state index is 12.5. The van der Waals surface area contributed by atoms with Gasteiger partial charge in [0, 0.05) is 5.56 Å². The molecule has 1 aromatic carbocycles. The van der Waals surface area contributed by atoms with Crippen LogP contribution in [-0.4, -0.2) is 7.05 Å². The number of nitrogens with zero attached hydrogens (tertiary/aromatic N) is 1. The molecule has 3 N–H and O–H groups in total. The predicted octanol–water partition coefficient (Wildman–Crippen LogP) is 1.35. The van der Waals surface area contributed by atoms with Gasteiger partial charge in [-0.05, 0) is 24.3 Å². The Labute approximate surface area is 75.8 Å². The van der Waals surface area contributed by atoms with Crippen LogP contribution in [0.2, 0.25) is 0 Å². The molecule has 68 valence electrons. The van der Waals surface area contributed by atoms with Crippen molar-refractivity contribution in [3.63, 3.8) is 0 Å². The van der Waals surface area contributed by atoms with E-state index in [1.807, 2.05) is 7.05 Å². The zero-order chi connectivity index (χ0) is 9.68. The van der Waals surface area contributed by atoms with Crippen molar-refractivity contribution in [2.45, 2.75) is 0 Å². The minimum atomic E-state index is -0.284. The van der Waals surface area contributed by atoms with Crippen LogP contribution in [0.15, 0.2) is 35.6 Å². The minimum absolute atomic E-state index is 0.284. The van der Waals surface area contributed by atoms with Crippen LogP contribution in [0, 0.1) is 11.3 Å². The predicted molar refractivity (Wildman–Crippen MR) is 47.4 cm³/mol. The van der Waals surface area contributed by atoms with Gasteiger partial charge >= 0.3 is 0 Å². The number of rotatable bonds is 3. The Bertz CT molecular complexity index is 316. The van der Waals surface area contributed by atoms with Gasteiger partial charge in [-0.3, -0.25) is 0 Å². The monoisotopic (exact) mass is 180 g/mol. The largest absolute Gasteiger partial charge is 0.321 e. The lowest BCUT2D eigenvalue weighted by molar-refractivity contribution is -0.555. The summed E-state index contributed by atoms with van der Waals surface area (Å²) in [7, 11) is 1.84. The number of hydrogen-bond donors (Lipinski definition) is 2. The highest BCUT2D eigenvalue weighted by atomic mass is 19.1. The average Bonchev–Trinajstić information content (AvgIpc) is 2.16. The molecule has 0 fully saturated rings. The molecule has 0 aromatic heterocycles. The Morgan fingerprint density at radius 3 is 2.54 bits per heavy atom. The van der Waals surface area contributed by atoms with E-state index < -0.39 is 0 Å². The van der Waals surface area contributed by atoms with Crippen molar-refractivity contribution in [2.24, 2.45) is 5.11 Å². The van der Waals surface area contributed by atoms with Gasteiger partial charge in [-0.1, -0.05) is 0 Å². The Morgan fingerprint density at radius 1 is 1.46 bits per heavy atom. The molecule has 0 heterocycles. The van der Waals surface area contributed by atoms with E-state index in [-0.39, 0.29) is 5.82 Å². The topological polar surface area (TPSA) is 52.8 Å². The summed E-state index contributed by atoms with van der Waals surface area (Å²) in [4.78, 5) is 0. The lowest BCUT2D eigenvalue weighted by Gasteiger charge is -1.97. The summed E-state index contributed by atoms with van der Waals surface area (Å²) in [5.74, 6) is -0.284. The number of quaternary nitrogens is 1. The van der Waals surface area contributed by atoms with Crippen molar-refractivity contribution in [2.75, 3.05) is 7.05 Å². The minimum Gasteiger partial charge on any atom is -0.321 e. The van der Waals surface area contributed by atoms with E-state index in [4.69, 9.17) is 5.53 Å². The van der Waals surface area contributed by atoms with E-state index in [1.165, 1.54) is 12.1 Å². The molecule has 13 heavy (non-hydrogen) atoms. The van der Waals surface area contributed by atoms with Gasteiger partial charge in [0.2, 0.25) is 0 Å². The Morgan fingerprint density at radius 2 is 2.08 bits per heavy atom. The van der Waals surface area contributed by atoms with Gasteiger partial charge < -0.3 is 5.32 Å². The molecule has 3 nitrogen and oxygen atoms in total. The first kappa shape index (κ1) is 9.54. The van der Waals surface area contributed by atoms with E-state index in [0.29, 0.717) is 5.70 Å². The van der Waals surface area contributed by atoms with Crippen molar-refractivity contribution in [1.29, 1.82) is 5.53 Å². The van der Waals surface area contributed by atoms with Crippen molar-refractivity contribution < 1.29 is 9.71 Å². The van der Waals surface area contributed by atoms with E-state index in [2.05, 4.69) is 5.11 Å². The third-order valence-electron chi connectivity index (χ3n) is 1.58. The highest BCUT2D eigenvalue weighted by Gasteiger charge is 2.00. The lowest BCUT2D eigenvalue weighted by Crippen LogP contribution is -2.72. The van der Waals surface area contributed by atoms with Crippen LogP contribution in [0.25, 0.3) is 5.70 Å². The summed E-state index contributed by atoms with van der Waals surface area (Å²) in [6.45, 7) is 0. The van der Waals surface area contributed by atoms with Crippen molar-refractivity contribution in [3.8, 4) is 0 Å². The van der Waals surface area contributed by atoms with Gasteiger partial charge in [-0.15, -0.1) is 0 Å². The Balaban J connectivity index is 2.99. The summed E-state index contributed by atoms with van der Waals surface area (Å²) in [6.07, 6.45) is 1.71. The number of hydrogen-bond acceptors (Lipinski definition) is 2. The van der Waals surface area contributed by atoms with Crippen LogP contribution in [0.4, 0.5) is 4.39 Å². The maximum Gasteiger partial charge on any atom is 0.145 e. The molecule has 0 radical (unpaired) electrons. The molecule has 1 aromatic rings. The zero-order valence-electron chi connectivity index (χ0n) is 7.29. The summed E-state index contributed by atoms with van der Waals surface area (Å²) in [5.41, 5.74) is 8.17. The van der Waals surface area contributed by atoms with E-state index in [1.54, 1.807) is 23.6 Å². The quantitative estimate of drug-likeness (QED) is 0.660. The average molecular weight is 180 g/mol. The summed E-state index contributed by atoms with van der Waals surface area (Å²) >= 11 is 0. The Hall–Kier alpha value is -1.55. The summed E-state index contributed by atoms with van der Waals surface area (Å²) in [6, 6.07) is 5.90. The highest BCUT2D eigenvalue weighted by molar-refractivity contribution is 5.62. The number of nitrogens with one attached hydrogen (secondary N) is 1. The van der Waals surface area contributed by atoms with Crippen LogP contribution < -0.4 is 5.32 Å². The zero-order valence-corrected chi connectivity index (χ0v) is 7.29. The van der Waals surface area contributed by atoms with Gasteiger partial charge in [0.05, 0.1) is 7.05 Å². The first-order valence-corrected chi connectivity index (χ1v) is 3.91. The Kier molecular flexibility index (Phi) is 3.28. The van der Waals surface area contributed by atoms with Crippen LogP contribution in [-0.2, 0) is 0 Å². The molecule has 0 saturated heterocycles. The lowest BCUT2D eigenvalue weighted by atomic mass is 10.2. The van der Waals surface area contributed by atoms with Crippen LogP contribution >= 0.6 is 0 Å². The van der Waals surface area contributed by atoms with E-state index in [9.17, 15) is 4.39 Å². The number of nitrogens with two attached hydrogens (primary N) is 1. The summed E-state index contributed by atoms with van der Waals surface area (Å²) in [5, 5.41) is 5.12. The molecule has 0 saturated carbocycles. The fraction of sp³-hybridized carbons (Fsp3) is 0.111. The van der Waals surface area contributed by atoms with Gasteiger partial charge in [0.25, 0.3) is 0 Å². The first-order chi connectivity index (χ1) is 6.27. The second-order valence-corrected chi connectivity index (χ2v) is 2.50. The van der Waals surface area contributed by atoms with Crippen LogP contribution in [0.3, 0.4) is 0 Å². The molecule has 0 amide bonds. The fourth-order valence-corrected chi connectivity index (χ4v) is 0.977. The second-order valence-electron chi connectivity index (χ2n) is 2.50. The van der Waals surface area contributed by atoms with Crippen LogP contribution in [0.5, 0.6) is 0 Å². The van der Waals surface area contributed by atoms with Crippen molar-refractivity contribution in [1.82, 2.24) is 0 Å². The normalized spacial score (nSPS) is 11.4. The van der Waals surface area contributed by atoms with Crippen LogP contribution in [0.1, 0.15) is 5.56 Å². The number of halogens is 1. The maximum atomic E-state index is 12.5. The van der Waals surface area contributed by atoms with Gasteiger partial charge in [0.15, 0.2) is 0 Å². The molecular weight excluding hydrogens is 169 g/mol. The SMILES string of the molecule is C[NH2+]/C=C(\N=N)c1ccc(F)cc1. The van der Waals surface area contributed by atoms with Crippen molar-refractivity contribution >= 4 is 5.70 Å². The molecular formula is C9H11FN3+. The molecule has 0 aliphatic rings. The number of benzene rings is 1. The van der Waals surface area contributed by atoms with Gasteiger partial charge in [-0.2, -0.15) is 5.11 Å². The molecule has 1 rings (SSSR count). The molecule has 0 spiro atoms. The highest BCUT2D eigenvalue weighted by Crippen LogP contribution is 2.14. The first-order valence-electron chi connectivity index (χ1n) is 3.91. The molecule has 0 aliphatic heterocycles. The molecule has 0 aliphatic carbocycles. The molecule has 0 bridgehead atoms. The second kappa shape index (κ2) is 4.47. The summed E-state index contributed by atoms with van der Waals surface area (Å²) < 4.78 is 12.5. The smallest absolute Gasteiger partial charge is 0.145 e. The van der Waals surface area contributed by atoms with Gasteiger partial charge in [0.1, 0.15) is 17.7 Å². The fourth-order valence-electron chi connectivity index (χ4n) is 0.977. The molecule has 0 unspecified atom stereocenters. The third kappa shape index (κ3) is 2.45. The molecule has 0 atom stereocenters. The van der Waals surface area contributed by atoms with Gasteiger partial charge in [-0.25, -0.2) is 9.92 Å². The van der Waals surface area contributed by atoms with Crippen molar-refractivity contribution in [3.05, 3.63) is 41.8 Å². The van der Waals surface area contributed by atoms with E-state index >= 15 is 0 Å². The third-order valence-corrected chi connectivity index (χ3v) is 1.58. The standard InChI is InChI=1S/C9H10FN3/c1-12-6-9(13-11)7-2-4-8(10)5-3-7/h2-6,11-12H,1H3/p+1/b9-6-,13-11?. The van der Waals surface area contributed by atoms with E-state index in [0.717, 1.165) is 5.56 Å². The molecule has 4 heteroatoms.